The third-order valence-corrected chi connectivity index (χ3v) is 6.11. The molecule has 4 atom stereocenters. The van der Waals surface area contributed by atoms with Gasteiger partial charge >= 0.3 is 5.97 Å². The predicted octanol–water partition coefficient (Wildman–Crippen LogP) is 4.67. The highest BCUT2D eigenvalue weighted by molar-refractivity contribution is 5.69. The Morgan fingerprint density at radius 1 is 1.26 bits per heavy atom. The molecular weight excluding hydrogens is 236 g/mol. The summed E-state index contributed by atoms with van der Waals surface area (Å²) in [5.74, 6) is 1.49. The zero-order valence-corrected chi connectivity index (χ0v) is 14.0. The minimum atomic E-state index is -0.0647. The smallest absolute Gasteiger partial charge is 0.305 e. The van der Waals surface area contributed by atoms with Crippen molar-refractivity contribution in [1.29, 1.82) is 0 Å². The fraction of sp³-hybridized carbons (Fsp3) is 0.941. The maximum Gasteiger partial charge on any atom is 0.305 e. The molecule has 0 radical (unpaired) electrons. The third-order valence-electron chi connectivity index (χ3n) is 6.11. The van der Waals surface area contributed by atoms with E-state index in [0.29, 0.717) is 24.2 Å². The van der Waals surface area contributed by atoms with Crippen molar-refractivity contribution in [1.82, 2.24) is 0 Å². The zero-order chi connectivity index (χ0) is 15.0. The van der Waals surface area contributed by atoms with E-state index in [1.165, 1.54) is 6.42 Å². The highest BCUT2D eigenvalue weighted by Crippen LogP contribution is 2.56. The average molecular weight is 268 g/mol. The van der Waals surface area contributed by atoms with E-state index in [1.807, 2.05) is 6.92 Å². The molecule has 0 saturated heterocycles. The van der Waals surface area contributed by atoms with Crippen LogP contribution in [0.25, 0.3) is 0 Å². The van der Waals surface area contributed by atoms with Crippen LogP contribution in [0.3, 0.4) is 0 Å². The molecule has 0 aromatic heterocycles. The largest absolute Gasteiger partial charge is 0.461 e. The summed E-state index contributed by atoms with van der Waals surface area (Å²) < 4.78 is 5.85. The van der Waals surface area contributed by atoms with Crippen LogP contribution in [-0.2, 0) is 9.53 Å². The summed E-state index contributed by atoms with van der Waals surface area (Å²) in [7, 11) is 0. The van der Waals surface area contributed by atoms with Crippen LogP contribution in [0, 0.1) is 28.6 Å². The first-order valence-electron chi connectivity index (χ1n) is 7.76. The van der Waals surface area contributed by atoms with Gasteiger partial charge in [0.05, 0.1) is 0 Å². The van der Waals surface area contributed by atoms with Crippen molar-refractivity contribution in [3.63, 3.8) is 0 Å². The number of esters is 1. The average Bonchev–Trinajstić information content (AvgIpc) is 2.32. The van der Waals surface area contributed by atoms with Gasteiger partial charge in [0.15, 0.2) is 0 Å². The van der Waals surface area contributed by atoms with Crippen LogP contribution in [0.4, 0.5) is 0 Å². The molecule has 0 aromatic rings. The van der Waals surface area contributed by atoms with E-state index in [9.17, 15) is 4.79 Å². The van der Waals surface area contributed by atoms with Gasteiger partial charge in [-0.15, -0.1) is 0 Å². The second-order valence-corrected chi connectivity index (χ2v) is 7.64. The number of hydrogen-bond donors (Lipinski definition) is 0. The van der Waals surface area contributed by atoms with Crippen molar-refractivity contribution >= 4 is 5.97 Å². The number of rotatable bonds is 3. The van der Waals surface area contributed by atoms with Gasteiger partial charge in [0.25, 0.3) is 0 Å². The van der Waals surface area contributed by atoms with Gasteiger partial charge in [-0.05, 0) is 29.6 Å². The van der Waals surface area contributed by atoms with E-state index in [1.54, 1.807) is 0 Å². The minimum Gasteiger partial charge on any atom is -0.461 e. The molecule has 0 spiro atoms. The first kappa shape index (κ1) is 16.5. The Balaban J connectivity index is 3.10. The Hall–Kier alpha value is -0.530. The number of carbonyl (C=O) groups is 1. The Labute approximate surface area is 119 Å². The maximum absolute atomic E-state index is 11.8. The number of ether oxygens (including phenoxy) is 1. The molecule has 2 heteroatoms. The van der Waals surface area contributed by atoms with Crippen LogP contribution in [0.1, 0.15) is 68.2 Å². The van der Waals surface area contributed by atoms with E-state index in [-0.39, 0.29) is 22.9 Å². The molecule has 112 valence electrons. The summed E-state index contributed by atoms with van der Waals surface area (Å²) in [6, 6.07) is 0. The van der Waals surface area contributed by atoms with Crippen molar-refractivity contribution in [3.8, 4) is 0 Å². The predicted molar refractivity (Wildman–Crippen MR) is 79.8 cm³/mol. The molecule has 0 aliphatic heterocycles. The molecule has 4 unspecified atom stereocenters. The quantitative estimate of drug-likeness (QED) is 0.695. The van der Waals surface area contributed by atoms with Crippen LogP contribution in [0.15, 0.2) is 0 Å². The van der Waals surface area contributed by atoms with Crippen molar-refractivity contribution in [2.24, 2.45) is 28.6 Å². The molecule has 19 heavy (non-hydrogen) atoms. The molecular formula is C17H32O2. The standard InChI is InChI=1S/C17H32O2/c1-9-14(18)19-15-13(5)17(8,11(2)3)10-12(4)16(15,6)7/h11-13,15H,9-10H2,1-8H3. The lowest BCUT2D eigenvalue weighted by molar-refractivity contribution is -0.184. The van der Waals surface area contributed by atoms with Crippen molar-refractivity contribution in [2.45, 2.75) is 74.3 Å². The summed E-state index contributed by atoms with van der Waals surface area (Å²) in [6.07, 6.45) is 1.70. The summed E-state index contributed by atoms with van der Waals surface area (Å²) in [6.45, 7) is 17.9. The van der Waals surface area contributed by atoms with Crippen molar-refractivity contribution in [2.75, 3.05) is 0 Å². The second kappa shape index (κ2) is 5.46. The van der Waals surface area contributed by atoms with Crippen LogP contribution < -0.4 is 0 Å². The Kier molecular flexibility index (Phi) is 4.75. The molecule has 0 amide bonds. The van der Waals surface area contributed by atoms with Crippen molar-refractivity contribution < 1.29 is 9.53 Å². The topological polar surface area (TPSA) is 26.3 Å². The molecule has 2 nitrogen and oxygen atoms in total. The van der Waals surface area contributed by atoms with Gasteiger partial charge in [-0.2, -0.15) is 0 Å². The fourth-order valence-corrected chi connectivity index (χ4v) is 3.62. The van der Waals surface area contributed by atoms with Gasteiger partial charge in [0.2, 0.25) is 0 Å². The van der Waals surface area contributed by atoms with Gasteiger partial charge in [-0.25, -0.2) is 0 Å². The first-order chi connectivity index (χ1) is 8.57. The fourth-order valence-electron chi connectivity index (χ4n) is 3.62. The molecule has 0 bridgehead atoms. The van der Waals surface area contributed by atoms with Gasteiger partial charge < -0.3 is 4.74 Å². The lowest BCUT2D eigenvalue weighted by Gasteiger charge is -2.56. The number of hydrogen-bond acceptors (Lipinski definition) is 2. The maximum atomic E-state index is 11.8. The highest BCUT2D eigenvalue weighted by atomic mass is 16.5. The highest BCUT2D eigenvalue weighted by Gasteiger charge is 2.54. The molecule has 1 rings (SSSR count). The van der Waals surface area contributed by atoms with E-state index in [2.05, 4.69) is 48.5 Å². The summed E-state index contributed by atoms with van der Waals surface area (Å²) in [5.41, 5.74) is 0.298. The SMILES string of the molecule is CCC(=O)OC1C(C)C(C)(C(C)C)CC(C)C1(C)C. The monoisotopic (exact) mass is 268 g/mol. The van der Waals surface area contributed by atoms with E-state index < -0.39 is 0 Å². The lowest BCUT2D eigenvalue weighted by Crippen LogP contribution is -2.55. The summed E-state index contributed by atoms with van der Waals surface area (Å²) in [5, 5.41) is 0. The molecule has 1 aliphatic rings. The van der Waals surface area contributed by atoms with Crippen LogP contribution in [0.5, 0.6) is 0 Å². The van der Waals surface area contributed by atoms with Crippen LogP contribution in [0.2, 0.25) is 0 Å². The van der Waals surface area contributed by atoms with E-state index >= 15 is 0 Å². The van der Waals surface area contributed by atoms with Gasteiger partial charge in [-0.3, -0.25) is 4.79 Å². The molecule has 0 N–H and O–H groups in total. The Bertz CT molecular complexity index is 332. The Morgan fingerprint density at radius 2 is 1.79 bits per heavy atom. The zero-order valence-electron chi connectivity index (χ0n) is 14.0. The molecule has 0 heterocycles. The van der Waals surface area contributed by atoms with E-state index in [0.717, 1.165) is 0 Å². The third kappa shape index (κ3) is 2.83. The molecule has 1 saturated carbocycles. The number of carbonyl (C=O) groups excluding carboxylic acids is 1. The lowest BCUT2D eigenvalue weighted by atomic mass is 9.51. The molecule has 1 aliphatic carbocycles. The molecule has 0 aromatic carbocycles. The van der Waals surface area contributed by atoms with Gasteiger partial charge in [0.1, 0.15) is 6.10 Å². The Morgan fingerprint density at radius 3 is 2.21 bits per heavy atom. The van der Waals surface area contributed by atoms with Crippen LogP contribution >= 0.6 is 0 Å². The summed E-state index contributed by atoms with van der Waals surface area (Å²) >= 11 is 0. The summed E-state index contributed by atoms with van der Waals surface area (Å²) in [4.78, 5) is 11.8. The van der Waals surface area contributed by atoms with Gasteiger partial charge in [0, 0.05) is 11.8 Å². The van der Waals surface area contributed by atoms with Gasteiger partial charge in [-0.1, -0.05) is 55.4 Å². The second-order valence-electron chi connectivity index (χ2n) is 7.64. The van der Waals surface area contributed by atoms with Crippen LogP contribution in [-0.4, -0.2) is 12.1 Å². The molecule has 1 fully saturated rings. The van der Waals surface area contributed by atoms with E-state index in [4.69, 9.17) is 4.74 Å². The first-order valence-corrected chi connectivity index (χ1v) is 7.76. The minimum absolute atomic E-state index is 0.0242. The normalized spacial score (nSPS) is 38.3. The van der Waals surface area contributed by atoms with Crippen molar-refractivity contribution in [3.05, 3.63) is 0 Å².